The monoisotopic (exact) mass is 288 g/mol. The predicted octanol–water partition coefficient (Wildman–Crippen LogP) is 2.31. The van der Waals surface area contributed by atoms with E-state index in [1.165, 1.54) is 4.57 Å². The Kier molecular flexibility index (Phi) is 3.28. The van der Waals surface area contributed by atoms with Gasteiger partial charge in [0.1, 0.15) is 0 Å². The first kappa shape index (κ1) is 12.9. The highest BCUT2D eigenvalue weighted by Gasteiger charge is 2.13. The molecule has 0 fully saturated rings. The number of imidazole rings is 1. The fourth-order valence-corrected chi connectivity index (χ4v) is 2.48. The number of nitrogens with zero attached hydrogens (tertiary/aromatic N) is 4. The minimum atomic E-state index is -0.157. The summed E-state index contributed by atoms with van der Waals surface area (Å²) in [5.74, 6) is 0. The molecule has 0 saturated carbocycles. The molecule has 5 nitrogen and oxygen atoms in total. The first-order valence-corrected chi connectivity index (χ1v) is 6.73. The van der Waals surface area contributed by atoms with Crippen LogP contribution in [0.3, 0.4) is 0 Å². The zero-order chi connectivity index (χ0) is 14.1. The summed E-state index contributed by atoms with van der Waals surface area (Å²) in [5, 5.41) is 0.176. The van der Waals surface area contributed by atoms with Crippen LogP contribution in [0.1, 0.15) is 12.5 Å². The molecule has 2 aromatic heterocycles. The Morgan fingerprint density at radius 1 is 1.25 bits per heavy atom. The lowest BCUT2D eigenvalue weighted by molar-refractivity contribution is 0.709. The molecule has 0 spiro atoms. The van der Waals surface area contributed by atoms with Gasteiger partial charge in [-0.2, -0.15) is 4.98 Å². The molecule has 0 N–H and O–H groups in total. The van der Waals surface area contributed by atoms with Crippen molar-refractivity contribution < 1.29 is 0 Å². The van der Waals surface area contributed by atoms with E-state index in [1.807, 2.05) is 41.8 Å². The van der Waals surface area contributed by atoms with Crippen LogP contribution >= 0.6 is 11.6 Å². The van der Waals surface area contributed by atoms with E-state index in [2.05, 4.69) is 9.97 Å². The van der Waals surface area contributed by atoms with Gasteiger partial charge in [-0.25, -0.2) is 4.98 Å². The van der Waals surface area contributed by atoms with E-state index >= 15 is 0 Å². The molecule has 0 amide bonds. The highest BCUT2D eigenvalue weighted by molar-refractivity contribution is 6.28. The Balaban J connectivity index is 2.16. The number of benzene rings is 1. The Labute approximate surface area is 120 Å². The maximum atomic E-state index is 12.4. The molecule has 0 radical (unpaired) electrons. The Hall–Kier alpha value is -2.14. The van der Waals surface area contributed by atoms with Gasteiger partial charge in [0.05, 0.1) is 6.33 Å². The summed E-state index contributed by atoms with van der Waals surface area (Å²) in [6.07, 6.45) is 1.63. The van der Waals surface area contributed by atoms with Crippen molar-refractivity contribution in [1.29, 1.82) is 0 Å². The Bertz CT molecular complexity index is 807. The third kappa shape index (κ3) is 2.10. The van der Waals surface area contributed by atoms with E-state index in [-0.39, 0.29) is 10.8 Å². The molecule has 0 bridgehead atoms. The molecular formula is C14H13ClN4O. The molecule has 0 aliphatic rings. The summed E-state index contributed by atoms with van der Waals surface area (Å²) < 4.78 is 3.25. The molecule has 0 aliphatic carbocycles. The largest absolute Gasteiger partial charge is 0.320 e. The zero-order valence-electron chi connectivity index (χ0n) is 11.0. The van der Waals surface area contributed by atoms with Crippen molar-refractivity contribution >= 4 is 22.8 Å². The lowest BCUT2D eigenvalue weighted by Crippen LogP contribution is -2.23. The van der Waals surface area contributed by atoms with Crippen molar-refractivity contribution in [3.63, 3.8) is 0 Å². The summed E-state index contributed by atoms with van der Waals surface area (Å²) in [4.78, 5) is 20.8. The minimum absolute atomic E-state index is 0.157. The lowest BCUT2D eigenvalue weighted by Gasteiger charge is -2.07. The van der Waals surface area contributed by atoms with Crippen molar-refractivity contribution in [2.24, 2.45) is 0 Å². The maximum absolute atomic E-state index is 12.4. The first-order valence-electron chi connectivity index (χ1n) is 6.35. The SMILES string of the molecule is CCn1c(Cl)nc2ncn(Cc3ccccc3)c2c1=O. The molecule has 0 unspecified atom stereocenters. The average Bonchev–Trinajstić information content (AvgIpc) is 2.83. The van der Waals surface area contributed by atoms with Crippen LogP contribution < -0.4 is 5.56 Å². The summed E-state index contributed by atoms with van der Waals surface area (Å²) in [6.45, 7) is 2.93. The molecule has 3 aromatic rings. The van der Waals surface area contributed by atoms with Gasteiger partial charge in [0.15, 0.2) is 11.2 Å². The molecule has 0 atom stereocenters. The minimum Gasteiger partial charge on any atom is -0.320 e. The molecule has 0 aliphatic heterocycles. The molecule has 0 saturated heterocycles. The number of fused-ring (bicyclic) bond motifs is 1. The molecule has 3 rings (SSSR count). The van der Waals surface area contributed by atoms with Crippen molar-refractivity contribution in [2.45, 2.75) is 20.0 Å². The van der Waals surface area contributed by atoms with Gasteiger partial charge >= 0.3 is 0 Å². The summed E-state index contributed by atoms with van der Waals surface area (Å²) in [6, 6.07) is 9.91. The second-order valence-corrected chi connectivity index (χ2v) is 4.80. The highest BCUT2D eigenvalue weighted by Crippen LogP contribution is 2.12. The third-order valence-corrected chi connectivity index (χ3v) is 3.49. The van der Waals surface area contributed by atoms with E-state index in [0.717, 1.165) is 5.56 Å². The fourth-order valence-electron chi connectivity index (χ4n) is 2.21. The van der Waals surface area contributed by atoms with E-state index in [1.54, 1.807) is 6.33 Å². The van der Waals surface area contributed by atoms with Gasteiger partial charge in [0.25, 0.3) is 5.56 Å². The van der Waals surface area contributed by atoms with Gasteiger partial charge in [-0.05, 0) is 24.1 Å². The van der Waals surface area contributed by atoms with Gasteiger partial charge in [-0.15, -0.1) is 0 Å². The summed E-state index contributed by atoms with van der Waals surface area (Å²) >= 11 is 5.98. The molecule has 6 heteroatoms. The quantitative estimate of drug-likeness (QED) is 0.695. The topological polar surface area (TPSA) is 52.7 Å². The molecule has 102 valence electrons. The smallest absolute Gasteiger partial charge is 0.280 e. The number of halogens is 1. The van der Waals surface area contributed by atoms with Crippen molar-refractivity contribution in [3.05, 3.63) is 57.9 Å². The first-order chi connectivity index (χ1) is 9.70. The summed E-state index contributed by atoms with van der Waals surface area (Å²) in [7, 11) is 0. The summed E-state index contributed by atoms with van der Waals surface area (Å²) in [5.41, 5.74) is 1.82. The third-order valence-electron chi connectivity index (χ3n) is 3.20. The van der Waals surface area contributed by atoms with Crippen LogP contribution in [-0.4, -0.2) is 19.1 Å². The zero-order valence-corrected chi connectivity index (χ0v) is 11.7. The molecule has 2 heterocycles. The van der Waals surface area contributed by atoms with E-state index in [4.69, 9.17) is 11.6 Å². The van der Waals surface area contributed by atoms with Crippen LogP contribution in [-0.2, 0) is 13.1 Å². The van der Waals surface area contributed by atoms with E-state index < -0.39 is 0 Å². The molecule has 20 heavy (non-hydrogen) atoms. The van der Waals surface area contributed by atoms with Gasteiger partial charge in [-0.3, -0.25) is 9.36 Å². The van der Waals surface area contributed by atoms with Crippen molar-refractivity contribution in [2.75, 3.05) is 0 Å². The van der Waals surface area contributed by atoms with Crippen LogP contribution in [0.4, 0.5) is 0 Å². The predicted molar refractivity (Wildman–Crippen MR) is 78.0 cm³/mol. The Morgan fingerprint density at radius 3 is 2.70 bits per heavy atom. The van der Waals surface area contributed by atoms with Gasteiger partial charge in [-0.1, -0.05) is 30.3 Å². The van der Waals surface area contributed by atoms with Crippen LogP contribution in [0, 0.1) is 0 Å². The number of aromatic nitrogens is 4. The normalized spacial score (nSPS) is 11.1. The van der Waals surface area contributed by atoms with Crippen LogP contribution in [0.25, 0.3) is 11.2 Å². The number of rotatable bonds is 3. The second kappa shape index (κ2) is 5.09. The van der Waals surface area contributed by atoms with E-state index in [0.29, 0.717) is 24.3 Å². The highest BCUT2D eigenvalue weighted by atomic mass is 35.5. The van der Waals surface area contributed by atoms with Gasteiger partial charge in [0.2, 0.25) is 5.28 Å². The molecule has 1 aromatic carbocycles. The van der Waals surface area contributed by atoms with E-state index in [9.17, 15) is 4.79 Å². The molecular weight excluding hydrogens is 276 g/mol. The number of hydrogen-bond donors (Lipinski definition) is 0. The van der Waals surface area contributed by atoms with Crippen LogP contribution in [0.2, 0.25) is 5.28 Å². The fraction of sp³-hybridized carbons (Fsp3) is 0.214. The van der Waals surface area contributed by atoms with Crippen LogP contribution in [0.15, 0.2) is 41.5 Å². The average molecular weight is 289 g/mol. The Morgan fingerprint density at radius 2 is 2.00 bits per heavy atom. The van der Waals surface area contributed by atoms with Gasteiger partial charge < -0.3 is 4.57 Å². The second-order valence-electron chi connectivity index (χ2n) is 4.46. The van der Waals surface area contributed by atoms with Gasteiger partial charge in [0, 0.05) is 13.1 Å². The van der Waals surface area contributed by atoms with Crippen molar-refractivity contribution in [3.8, 4) is 0 Å². The maximum Gasteiger partial charge on any atom is 0.280 e. The standard InChI is InChI=1S/C14H13ClN4O/c1-2-19-13(20)11-12(17-14(19)15)16-9-18(11)8-10-6-4-3-5-7-10/h3-7,9H,2,8H2,1H3. The van der Waals surface area contributed by atoms with Crippen molar-refractivity contribution in [1.82, 2.24) is 19.1 Å². The van der Waals surface area contributed by atoms with Crippen LogP contribution in [0.5, 0.6) is 0 Å². The lowest BCUT2D eigenvalue weighted by atomic mass is 10.2. The number of hydrogen-bond acceptors (Lipinski definition) is 3.